The maximum atomic E-state index is 13.1. The summed E-state index contributed by atoms with van der Waals surface area (Å²) in [5.74, 6) is 0.00911. The van der Waals surface area contributed by atoms with E-state index in [1.807, 2.05) is 0 Å². The molecule has 138 valence electrons. The molecule has 2 N–H and O–H groups in total. The standard InChI is InChI=1S/C19H16ClFN4O2/c20-14-8-11(21)3-5-16(14)24-18(26)10-22-12-4-6-15-13(9-12)19(27)25-7-1-2-17(25)23-15/h3-6,8-9,22H,1-2,7,10H2,(H,24,26). The van der Waals surface area contributed by atoms with Gasteiger partial charge >= 0.3 is 0 Å². The van der Waals surface area contributed by atoms with Crippen molar-refractivity contribution in [2.45, 2.75) is 19.4 Å². The molecule has 0 fully saturated rings. The molecule has 0 spiro atoms. The second-order valence-electron chi connectivity index (χ2n) is 6.35. The van der Waals surface area contributed by atoms with Crippen LogP contribution in [0.15, 0.2) is 41.2 Å². The Morgan fingerprint density at radius 2 is 2.11 bits per heavy atom. The Morgan fingerprint density at radius 3 is 2.93 bits per heavy atom. The Kier molecular flexibility index (Phi) is 4.53. The molecule has 2 aromatic carbocycles. The highest BCUT2D eigenvalue weighted by Gasteiger charge is 2.16. The molecular weight excluding hydrogens is 371 g/mol. The molecule has 0 saturated carbocycles. The minimum absolute atomic E-state index is 0.0289. The van der Waals surface area contributed by atoms with Crippen LogP contribution in [0.3, 0.4) is 0 Å². The number of nitrogens with one attached hydrogen (secondary N) is 2. The van der Waals surface area contributed by atoms with Crippen molar-refractivity contribution in [1.29, 1.82) is 0 Å². The molecule has 1 amide bonds. The second kappa shape index (κ2) is 7.00. The summed E-state index contributed by atoms with van der Waals surface area (Å²) < 4.78 is 14.8. The van der Waals surface area contributed by atoms with Crippen molar-refractivity contribution in [1.82, 2.24) is 9.55 Å². The quantitative estimate of drug-likeness (QED) is 0.722. The molecule has 4 rings (SSSR count). The number of hydrogen-bond donors (Lipinski definition) is 2. The average molecular weight is 387 g/mol. The predicted octanol–water partition coefficient (Wildman–Crippen LogP) is 3.19. The number of hydrogen-bond acceptors (Lipinski definition) is 4. The van der Waals surface area contributed by atoms with Crippen LogP contribution in [-0.2, 0) is 17.8 Å². The summed E-state index contributed by atoms with van der Waals surface area (Å²) in [5, 5.41) is 6.24. The molecule has 0 aliphatic carbocycles. The number of benzene rings is 2. The Balaban J connectivity index is 1.49. The van der Waals surface area contributed by atoms with Crippen molar-refractivity contribution in [2.24, 2.45) is 0 Å². The molecule has 1 aliphatic heterocycles. The Labute approximate surface area is 159 Å². The topological polar surface area (TPSA) is 76.0 Å². The Morgan fingerprint density at radius 1 is 1.26 bits per heavy atom. The van der Waals surface area contributed by atoms with Gasteiger partial charge in [-0.2, -0.15) is 0 Å². The van der Waals surface area contributed by atoms with Gasteiger partial charge in [0.25, 0.3) is 5.56 Å². The lowest BCUT2D eigenvalue weighted by molar-refractivity contribution is -0.114. The summed E-state index contributed by atoms with van der Waals surface area (Å²) in [5.41, 5.74) is 1.57. The van der Waals surface area contributed by atoms with Crippen molar-refractivity contribution in [2.75, 3.05) is 17.2 Å². The molecule has 0 unspecified atom stereocenters. The predicted molar refractivity (Wildman–Crippen MR) is 103 cm³/mol. The van der Waals surface area contributed by atoms with Crippen LogP contribution in [0.5, 0.6) is 0 Å². The molecule has 6 nitrogen and oxygen atoms in total. The van der Waals surface area contributed by atoms with E-state index in [0.717, 1.165) is 24.7 Å². The highest BCUT2D eigenvalue weighted by molar-refractivity contribution is 6.33. The van der Waals surface area contributed by atoms with Crippen molar-refractivity contribution >= 4 is 39.8 Å². The maximum absolute atomic E-state index is 13.1. The fraction of sp³-hybridized carbons (Fsp3) is 0.211. The van der Waals surface area contributed by atoms with Crippen LogP contribution >= 0.6 is 11.6 Å². The van der Waals surface area contributed by atoms with E-state index in [2.05, 4.69) is 15.6 Å². The SMILES string of the molecule is O=C(CNc1ccc2nc3n(c(=O)c2c1)CCC3)Nc1ccc(F)cc1Cl. The highest BCUT2D eigenvalue weighted by Crippen LogP contribution is 2.22. The first kappa shape index (κ1) is 17.5. The summed E-state index contributed by atoms with van der Waals surface area (Å²) in [6, 6.07) is 9.00. The van der Waals surface area contributed by atoms with Crippen molar-refractivity contribution < 1.29 is 9.18 Å². The van der Waals surface area contributed by atoms with Crippen LogP contribution in [0.2, 0.25) is 5.02 Å². The van der Waals surface area contributed by atoms with E-state index in [4.69, 9.17) is 11.6 Å². The zero-order valence-electron chi connectivity index (χ0n) is 14.3. The number of carbonyl (C=O) groups excluding carboxylic acids is 1. The summed E-state index contributed by atoms with van der Waals surface area (Å²) >= 11 is 5.90. The molecule has 0 saturated heterocycles. The lowest BCUT2D eigenvalue weighted by atomic mass is 10.2. The monoisotopic (exact) mass is 386 g/mol. The van der Waals surface area contributed by atoms with E-state index >= 15 is 0 Å². The molecule has 1 aliphatic rings. The molecule has 0 atom stereocenters. The first-order chi connectivity index (χ1) is 13.0. The molecule has 1 aromatic heterocycles. The first-order valence-electron chi connectivity index (χ1n) is 8.53. The van der Waals surface area contributed by atoms with E-state index in [1.165, 1.54) is 12.1 Å². The van der Waals surface area contributed by atoms with Gasteiger partial charge in [0.05, 0.1) is 28.2 Å². The van der Waals surface area contributed by atoms with Gasteiger partial charge in [0.1, 0.15) is 11.6 Å². The van der Waals surface area contributed by atoms with E-state index in [1.54, 1.807) is 22.8 Å². The zero-order valence-corrected chi connectivity index (χ0v) is 15.0. The number of aryl methyl sites for hydroxylation is 1. The van der Waals surface area contributed by atoms with Crippen LogP contribution in [0.1, 0.15) is 12.2 Å². The minimum atomic E-state index is -0.473. The second-order valence-corrected chi connectivity index (χ2v) is 6.75. The number of carbonyl (C=O) groups is 1. The van der Waals surface area contributed by atoms with Crippen molar-refractivity contribution in [3.05, 3.63) is 63.4 Å². The number of fused-ring (bicyclic) bond motifs is 2. The third-order valence-electron chi connectivity index (χ3n) is 4.47. The molecule has 8 heteroatoms. The van der Waals surface area contributed by atoms with Crippen LogP contribution < -0.4 is 16.2 Å². The van der Waals surface area contributed by atoms with Gasteiger partial charge in [-0.25, -0.2) is 9.37 Å². The van der Waals surface area contributed by atoms with Gasteiger partial charge in [-0.05, 0) is 42.8 Å². The van der Waals surface area contributed by atoms with E-state index in [-0.39, 0.29) is 23.0 Å². The number of aromatic nitrogens is 2. The van der Waals surface area contributed by atoms with Gasteiger partial charge in [0.15, 0.2) is 0 Å². The van der Waals surface area contributed by atoms with Crippen LogP contribution in [-0.4, -0.2) is 22.0 Å². The fourth-order valence-corrected chi connectivity index (χ4v) is 3.38. The lowest BCUT2D eigenvalue weighted by Crippen LogP contribution is -2.23. The third kappa shape index (κ3) is 3.50. The van der Waals surface area contributed by atoms with Crippen molar-refractivity contribution in [3.63, 3.8) is 0 Å². The molecule has 27 heavy (non-hydrogen) atoms. The molecule has 0 bridgehead atoms. The van der Waals surface area contributed by atoms with E-state index in [9.17, 15) is 14.0 Å². The smallest absolute Gasteiger partial charge is 0.261 e. The number of rotatable bonds is 4. The number of amides is 1. The van der Waals surface area contributed by atoms with Gasteiger partial charge in [-0.3, -0.25) is 14.2 Å². The highest BCUT2D eigenvalue weighted by atomic mass is 35.5. The summed E-state index contributed by atoms with van der Waals surface area (Å²) in [6.45, 7) is 0.661. The number of halogens is 2. The molecule has 2 heterocycles. The van der Waals surface area contributed by atoms with Gasteiger partial charge < -0.3 is 10.6 Å². The first-order valence-corrected chi connectivity index (χ1v) is 8.91. The van der Waals surface area contributed by atoms with Crippen LogP contribution in [0, 0.1) is 5.82 Å². The minimum Gasteiger partial charge on any atom is -0.376 e. The van der Waals surface area contributed by atoms with Gasteiger partial charge in [0.2, 0.25) is 5.91 Å². The van der Waals surface area contributed by atoms with Crippen molar-refractivity contribution in [3.8, 4) is 0 Å². The number of nitrogens with zero attached hydrogens (tertiary/aromatic N) is 2. The largest absolute Gasteiger partial charge is 0.376 e. The maximum Gasteiger partial charge on any atom is 0.261 e. The Hall–Kier alpha value is -2.93. The van der Waals surface area contributed by atoms with E-state index < -0.39 is 5.82 Å². The van der Waals surface area contributed by atoms with E-state index in [0.29, 0.717) is 28.8 Å². The average Bonchev–Trinajstić information content (AvgIpc) is 3.11. The van der Waals surface area contributed by atoms with Gasteiger partial charge in [0, 0.05) is 18.7 Å². The number of anilines is 2. The Bertz CT molecular complexity index is 1110. The van der Waals surface area contributed by atoms with Gasteiger partial charge in [-0.1, -0.05) is 11.6 Å². The lowest BCUT2D eigenvalue weighted by Gasteiger charge is -2.10. The normalized spacial score (nSPS) is 12.8. The van der Waals surface area contributed by atoms with Crippen LogP contribution in [0.4, 0.5) is 15.8 Å². The van der Waals surface area contributed by atoms with Crippen LogP contribution in [0.25, 0.3) is 10.9 Å². The zero-order chi connectivity index (χ0) is 19.0. The fourth-order valence-electron chi connectivity index (χ4n) is 3.16. The molecule has 0 radical (unpaired) electrons. The third-order valence-corrected chi connectivity index (χ3v) is 4.79. The summed E-state index contributed by atoms with van der Waals surface area (Å²) in [6.07, 6.45) is 1.74. The summed E-state index contributed by atoms with van der Waals surface area (Å²) in [7, 11) is 0. The molecule has 3 aromatic rings. The van der Waals surface area contributed by atoms with Gasteiger partial charge in [-0.15, -0.1) is 0 Å². The summed E-state index contributed by atoms with van der Waals surface area (Å²) in [4.78, 5) is 29.2. The molecular formula is C19H16ClFN4O2.